The summed E-state index contributed by atoms with van der Waals surface area (Å²) in [6.07, 6.45) is 0.798. The van der Waals surface area contributed by atoms with E-state index in [0.717, 1.165) is 8.47 Å². The molecule has 0 aromatic heterocycles. The van der Waals surface area contributed by atoms with Crippen molar-refractivity contribution in [3.05, 3.63) is 27.8 Å². The Kier molecular flexibility index (Phi) is 6.43. The molecule has 0 aliphatic rings. The Bertz CT molecular complexity index is 462. The Morgan fingerprint density at radius 2 is 1.95 bits per heavy atom. The molecule has 0 bridgehead atoms. The smallest absolute Gasteiger partial charge is 0.318 e. The monoisotopic (exact) mass is 375 g/mol. The highest BCUT2D eigenvalue weighted by Gasteiger charge is 2.20. The van der Waals surface area contributed by atoms with E-state index < -0.39 is 11.8 Å². The molecule has 1 aromatic carbocycles. The molecule has 0 radical (unpaired) electrons. The Morgan fingerprint density at radius 1 is 1.32 bits per heavy atom. The molecule has 102 valence electrons. The summed E-state index contributed by atoms with van der Waals surface area (Å²) in [6, 6.07) is 6.95. The van der Waals surface area contributed by atoms with Crippen molar-refractivity contribution in [2.45, 2.75) is 6.42 Å². The summed E-state index contributed by atoms with van der Waals surface area (Å²) in [5.74, 6) is -1.73. The van der Waals surface area contributed by atoms with Gasteiger partial charge < -0.3 is 11.1 Å². The second-order valence-corrected chi connectivity index (χ2v) is 4.95. The molecular weight excluding hydrogens is 361 g/mol. The van der Waals surface area contributed by atoms with Crippen LogP contribution >= 0.6 is 22.6 Å². The van der Waals surface area contributed by atoms with Crippen molar-refractivity contribution in [2.24, 2.45) is 5.73 Å². The summed E-state index contributed by atoms with van der Waals surface area (Å²) in [7, 11) is 0. The summed E-state index contributed by atoms with van der Waals surface area (Å²) in [4.78, 5) is 34.9. The van der Waals surface area contributed by atoms with E-state index in [-0.39, 0.29) is 6.54 Å². The van der Waals surface area contributed by atoms with Crippen molar-refractivity contribution in [1.82, 2.24) is 4.90 Å². The van der Waals surface area contributed by atoms with Gasteiger partial charge in [-0.3, -0.25) is 19.3 Å². The van der Waals surface area contributed by atoms with E-state index in [9.17, 15) is 14.4 Å². The third-order valence-corrected chi connectivity index (χ3v) is 3.01. The minimum atomic E-state index is -0.887. The summed E-state index contributed by atoms with van der Waals surface area (Å²) >= 11 is 2.13. The molecule has 0 atom stereocenters. The van der Waals surface area contributed by atoms with Crippen LogP contribution < -0.4 is 11.1 Å². The number of anilines is 1. The van der Waals surface area contributed by atoms with Crippen molar-refractivity contribution in [2.75, 3.05) is 18.4 Å². The van der Waals surface area contributed by atoms with Crippen LogP contribution in [0.4, 0.5) is 5.69 Å². The largest absolute Gasteiger partial charge is 0.330 e. The van der Waals surface area contributed by atoms with Gasteiger partial charge in [-0.15, -0.1) is 0 Å². The zero-order valence-corrected chi connectivity index (χ0v) is 12.3. The lowest BCUT2D eigenvalue weighted by Gasteiger charge is -2.14. The summed E-state index contributed by atoms with van der Waals surface area (Å²) < 4.78 is 1.01. The van der Waals surface area contributed by atoms with Crippen LogP contribution in [0.15, 0.2) is 24.3 Å². The van der Waals surface area contributed by atoms with Gasteiger partial charge in [0.25, 0.3) is 0 Å². The maximum Gasteiger partial charge on any atom is 0.318 e. The topological polar surface area (TPSA) is 92.5 Å². The number of imide groups is 1. The highest BCUT2D eigenvalue weighted by molar-refractivity contribution is 14.1. The highest BCUT2D eigenvalue weighted by Crippen LogP contribution is 2.11. The molecule has 3 N–H and O–H groups in total. The van der Waals surface area contributed by atoms with E-state index in [0.29, 0.717) is 25.1 Å². The summed E-state index contributed by atoms with van der Waals surface area (Å²) in [6.45, 7) is 0.481. The first-order valence-corrected chi connectivity index (χ1v) is 6.69. The van der Waals surface area contributed by atoms with Gasteiger partial charge in [-0.1, -0.05) is 0 Å². The Morgan fingerprint density at radius 3 is 2.47 bits per heavy atom. The zero-order chi connectivity index (χ0) is 14.3. The molecule has 0 unspecified atom stereocenters. The van der Waals surface area contributed by atoms with Gasteiger partial charge in [0.1, 0.15) is 0 Å². The van der Waals surface area contributed by atoms with Crippen molar-refractivity contribution in [1.29, 1.82) is 0 Å². The fraction of sp³-hybridized carbons (Fsp3) is 0.250. The molecule has 0 spiro atoms. The van der Waals surface area contributed by atoms with E-state index in [1.807, 2.05) is 0 Å². The van der Waals surface area contributed by atoms with Crippen molar-refractivity contribution >= 4 is 46.5 Å². The van der Waals surface area contributed by atoms with Crippen LogP contribution in [0.5, 0.6) is 0 Å². The Balaban J connectivity index is 2.63. The quantitative estimate of drug-likeness (QED) is 0.447. The van der Waals surface area contributed by atoms with E-state index >= 15 is 0 Å². The second-order valence-electron chi connectivity index (χ2n) is 3.71. The number of nitrogens with two attached hydrogens (primary N) is 1. The lowest BCUT2D eigenvalue weighted by atomic mass is 10.3. The third-order valence-electron chi connectivity index (χ3n) is 2.29. The first-order valence-electron chi connectivity index (χ1n) is 5.61. The Hall–Kier alpha value is -1.48. The lowest BCUT2D eigenvalue weighted by Crippen LogP contribution is -2.39. The molecule has 1 rings (SSSR count). The molecule has 7 heteroatoms. The van der Waals surface area contributed by atoms with Gasteiger partial charge >= 0.3 is 11.8 Å². The number of rotatable bonds is 5. The number of nitrogens with zero attached hydrogens (tertiary/aromatic N) is 1. The highest BCUT2D eigenvalue weighted by atomic mass is 127. The number of hydrogen-bond acceptors (Lipinski definition) is 4. The van der Waals surface area contributed by atoms with Crippen LogP contribution in [-0.2, 0) is 14.4 Å². The van der Waals surface area contributed by atoms with Gasteiger partial charge in [0.2, 0.25) is 6.41 Å². The molecule has 0 heterocycles. The van der Waals surface area contributed by atoms with Gasteiger partial charge in [-0.2, -0.15) is 0 Å². The molecular formula is C12H14IN3O3. The summed E-state index contributed by atoms with van der Waals surface area (Å²) in [5.41, 5.74) is 5.79. The van der Waals surface area contributed by atoms with E-state index in [4.69, 9.17) is 5.73 Å². The number of halogens is 1. The average molecular weight is 375 g/mol. The van der Waals surface area contributed by atoms with Crippen molar-refractivity contribution < 1.29 is 14.4 Å². The SMILES string of the molecule is NCCCN(C=O)C(=O)C(=O)Nc1ccc(I)cc1. The predicted octanol–water partition coefficient (Wildman–Crippen LogP) is 0.563. The molecule has 6 nitrogen and oxygen atoms in total. The lowest BCUT2D eigenvalue weighted by molar-refractivity contribution is -0.146. The Labute approximate surface area is 124 Å². The second kappa shape index (κ2) is 7.85. The fourth-order valence-electron chi connectivity index (χ4n) is 1.31. The molecule has 0 fully saturated rings. The van der Waals surface area contributed by atoms with E-state index in [1.165, 1.54) is 0 Å². The minimum absolute atomic E-state index is 0.138. The zero-order valence-electron chi connectivity index (χ0n) is 10.1. The summed E-state index contributed by atoms with van der Waals surface area (Å²) in [5, 5.41) is 2.44. The average Bonchev–Trinajstić information content (AvgIpc) is 2.42. The molecule has 0 aliphatic heterocycles. The first kappa shape index (κ1) is 15.6. The van der Waals surface area contributed by atoms with Gasteiger partial charge in [0.05, 0.1) is 0 Å². The molecule has 0 saturated heterocycles. The molecule has 0 aliphatic carbocycles. The van der Waals surface area contributed by atoms with Gasteiger partial charge in [0, 0.05) is 15.8 Å². The first-order chi connectivity index (χ1) is 9.08. The van der Waals surface area contributed by atoms with Crippen LogP contribution in [0.1, 0.15) is 6.42 Å². The van der Waals surface area contributed by atoms with Gasteiger partial charge in [0.15, 0.2) is 0 Å². The fourth-order valence-corrected chi connectivity index (χ4v) is 1.67. The number of nitrogens with one attached hydrogen (secondary N) is 1. The van der Waals surface area contributed by atoms with Crippen molar-refractivity contribution in [3.8, 4) is 0 Å². The van der Waals surface area contributed by atoms with Crippen LogP contribution in [0.2, 0.25) is 0 Å². The standard InChI is InChI=1S/C12H14IN3O3/c13-9-2-4-10(5-3-9)15-11(18)12(19)16(8-17)7-1-6-14/h2-5,8H,1,6-7,14H2,(H,15,18). The maximum atomic E-state index is 11.7. The number of hydrogen-bond donors (Lipinski definition) is 2. The molecule has 3 amide bonds. The van der Waals surface area contributed by atoms with Gasteiger partial charge in [-0.05, 0) is 59.8 Å². The molecule has 1 aromatic rings. The van der Waals surface area contributed by atoms with Crippen LogP contribution in [0, 0.1) is 3.57 Å². The number of carbonyl (C=O) groups is 3. The van der Waals surface area contributed by atoms with Crippen LogP contribution in [0.25, 0.3) is 0 Å². The predicted molar refractivity (Wildman–Crippen MR) is 79.2 cm³/mol. The van der Waals surface area contributed by atoms with Crippen LogP contribution in [-0.4, -0.2) is 36.2 Å². The maximum absolute atomic E-state index is 11.7. The molecule has 0 saturated carbocycles. The van der Waals surface area contributed by atoms with E-state index in [1.54, 1.807) is 24.3 Å². The molecule has 19 heavy (non-hydrogen) atoms. The van der Waals surface area contributed by atoms with Gasteiger partial charge in [-0.25, -0.2) is 0 Å². The number of carbonyl (C=O) groups excluding carboxylic acids is 3. The minimum Gasteiger partial charge on any atom is -0.330 e. The third kappa shape index (κ3) is 4.95. The van der Waals surface area contributed by atoms with Crippen LogP contribution in [0.3, 0.4) is 0 Å². The van der Waals surface area contributed by atoms with Crippen molar-refractivity contribution in [3.63, 3.8) is 0 Å². The van der Waals surface area contributed by atoms with E-state index in [2.05, 4.69) is 27.9 Å². The number of amides is 3. The number of benzene rings is 1. The normalized spacial score (nSPS) is 9.79.